The van der Waals surface area contributed by atoms with Gasteiger partial charge in [-0.2, -0.15) is 4.98 Å². The number of nitrogens with one attached hydrogen (secondary N) is 2. The van der Waals surface area contributed by atoms with Crippen LogP contribution in [0.1, 0.15) is 17.9 Å². The number of halogens is 2. The van der Waals surface area contributed by atoms with Crippen LogP contribution in [0.2, 0.25) is 10.0 Å². The quantitative estimate of drug-likeness (QED) is 0.725. The summed E-state index contributed by atoms with van der Waals surface area (Å²) in [6.45, 7) is 0. The number of benzene rings is 1. The lowest BCUT2D eigenvalue weighted by Crippen LogP contribution is -2.15. The Morgan fingerprint density at radius 2 is 2.08 bits per heavy atom. The highest BCUT2D eigenvalue weighted by Crippen LogP contribution is 2.48. The SMILES string of the molecule is O=C(Nc1n[nH]c(-c2ccccn2)n1)[C@@H]1C[C@@H]1c1ccc(Cl)c(Cl)c1. The van der Waals surface area contributed by atoms with E-state index < -0.39 is 0 Å². The summed E-state index contributed by atoms with van der Waals surface area (Å²) in [5.74, 6) is 0.666. The van der Waals surface area contributed by atoms with Gasteiger partial charge in [0.15, 0.2) is 5.82 Å². The number of anilines is 1. The van der Waals surface area contributed by atoms with E-state index in [0.717, 1.165) is 12.0 Å². The molecular formula is C17H13Cl2N5O. The molecule has 0 aliphatic heterocycles. The minimum atomic E-state index is -0.117. The molecule has 2 atom stereocenters. The lowest BCUT2D eigenvalue weighted by Gasteiger charge is -2.03. The van der Waals surface area contributed by atoms with Crippen LogP contribution in [0.3, 0.4) is 0 Å². The van der Waals surface area contributed by atoms with Crippen LogP contribution in [0, 0.1) is 5.92 Å². The Balaban J connectivity index is 1.42. The number of hydrogen-bond acceptors (Lipinski definition) is 4. The molecule has 1 aliphatic rings. The molecule has 0 spiro atoms. The van der Waals surface area contributed by atoms with Crippen LogP contribution < -0.4 is 5.32 Å². The first-order chi connectivity index (χ1) is 12.1. The largest absolute Gasteiger partial charge is 0.293 e. The van der Waals surface area contributed by atoms with Gasteiger partial charge in [-0.25, -0.2) is 0 Å². The number of amides is 1. The van der Waals surface area contributed by atoms with Crippen LogP contribution in [0.5, 0.6) is 0 Å². The Morgan fingerprint density at radius 3 is 2.84 bits per heavy atom. The molecule has 126 valence electrons. The highest BCUT2D eigenvalue weighted by molar-refractivity contribution is 6.42. The van der Waals surface area contributed by atoms with E-state index in [1.54, 1.807) is 12.3 Å². The van der Waals surface area contributed by atoms with Gasteiger partial charge in [-0.1, -0.05) is 35.3 Å². The van der Waals surface area contributed by atoms with E-state index in [4.69, 9.17) is 23.2 Å². The predicted molar refractivity (Wildman–Crippen MR) is 95.6 cm³/mol. The van der Waals surface area contributed by atoms with Gasteiger partial charge < -0.3 is 0 Å². The Hall–Kier alpha value is -2.44. The lowest BCUT2D eigenvalue weighted by molar-refractivity contribution is -0.117. The van der Waals surface area contributed by atoms with Crippen molar-refractivity contribution in [2.75, 3.05) is 5.32 Å². The fraction of sp³-hybridized carbons (Fsp3) is 0.176. The second-order valence-corrected chi connectivity index (χ2v) is 6.65. The molecule has 0 radical (unpaired) electrons. The number of aromatic amines is 1. The van der Waals surface area contributed by atoms with Crippen LogP contribution in [-0.4, -0.2) is 26.1 Å². The van der Waals surface area contributed by atoms with E-state index in [2.05, 4.69) is 25.5 Å². The summed E-state index contributed by atoms with van der Waals surface area (Å²) >= 11 is 12.0. The minimum absolute atomic E-state index is 0.109. The van der Waals surface area contributed by atoms with E-state index >= 15 is 0 Å². The van der Waals surface area contributed by atoms with Crippen molar-refractivity contribution in [1.29, 1.82) is 0 Å². The second-order valence-electron chi connectivity index (χ2n) is 5.83. The summed E-state index contributed by atoms with van der Waals surface area (Å²) < 4.78 is 0. The van der Waals surface area contributed by atoms with Crippen molar-refractivity contribution < 1.29 is 4.79 Å². The van der Waals surface area contributed by atoms with Gasteiger partial charge in [0.1, 0.15) is 5.69 Å². The third-order valence-electron chi connectivity index (χ3n) is 4.13. The molecule has 8 heteroatoms. The molecule has 1 saturated carbocycles. The Morgan fingerprint density at radius 1 is 1.20 bits per heavy atom. The smallest absolute Gasteiger partial charge is 0.249 e. The topological polar surface area (TPSA) is 83.6 Å². The van der Waals surface area contributed by atoms with Crippen molar-refractivity contribution in [3.8, 4) is 11.5 Å². The van der Waals surface area contributed by atoms with E-state index in [1.165, 1.54) is 0 Å². The van der Waals surface area contributed by atoms with Crippen LogP contribution in [-0.2, 0) is 4.79 Å². The van der Waals surface area contributed by atoms with Crippen LogP contribution in [0.25, 0.3) is 11.5 Å². The number of carbonyl (C=O) groups excluding carboxylic acids is 1. The third-order valence-corrected chi connectivity index (χ3v) is 4.87. The summed E-state index contributed by atoms with van der Waals surface area (Å²) in [6.07, 6.45) is 2.43. The molecule has 1 amide bonds. The number of hydrogen-bond donors (Lipinski definition) is 2. The summed E-state index contributed by atoms with van der Waals surface area (Å²) in [4.78, 5) is 20.8. The second kappa shape index (κ2) is 6.46. The molecule has 0 bridgehead atoms. The van der Waals surface area contributed by atoms with Gasteiger partial charge in [0.2, 0.25) is 11.9 Å². The van der Waals surface area contributed by atoms with Crippen molar-refractivity contribution in [1.82, 2.24) is 20.2 Å². The average Bonchev–Trinajstić information content (AvgIpc) is 3.30. The van der Waals surface area contributed by atoms with E-state index in [0.29, 0.717) is 21.6 Å². The van der Waals surface area contributed by atoms with Gasteiger partial charge >= 0.3 is 0 Å². The third kappa shape index (κ3) is 3.36. The number of carbonyl (C=O) groups is 1. The standard InChI is InChI=1S/C17H13Cl2N5O/c18-12-5-4-9(7-13(12)19)10-8-11(10)16(25)22-17-21-15(23-24-17)14-3-1-2-6-20-14/h1-7,10-11H,8H2,(H2,21,22,23,24,25)/t10-,11-/m1/s1. The first-order valence-corrected chi connectivity index (χ1v) is 8.47. The zero-order chi connectivity index (χ0) is 17.4. The first kappa shape index (κ1) is 16.1. The summed E-state index contributed by atoms with van der Waals surface area (Å²) in [5, 5.41) is 10.5. The normalized spacial score (nSPS) is 18.8. The maximum Gasteiger partial charge on any atom is 0.249 e. The Kier molecular flexibility index (Phi) is 4.15. The lowest BCUT2D eigenvalue weighted by atomic mass is 10.1. The van der Waals surface area contributed by atoms with Crippen LogP contribution in [0.4, 0.5) is 5.95 Å². The molecule has 2 aromatic heterocycles. The molecule has 1 aliphatic carbocycles. The molecule has 2 heterocycles. The molecule has 0 saturated heterocycles. The molecule has 3 aromatic rings. The van der Waals surface area contributed by atoms with Crippen LogP contribution in [0.15, 0.2) is 42.6 Å². The average molecular weight is 374 g/mol. The van der Waals surface area contributed by atoms with Crippen molar-refractivity contribution in [3.05, 3.63) is 58.2 Å². The van der Waals surface area contributed by atoms with Crippen molar-refractivity contribution in [2.24, 2.45) is 5.92 Å². The summed E-state index contributed by atoms with van der Waals surface area (Å²) in [7, 11) is 0. The zero-order valence-corrected chi connectivity index (χ0v) is 14.4. The Bertz CT molecular complexity index is 928. The molecule has 0 unspecified atom stereocenters. The molecular weight excluding hydrogens is 361 g/mol. The Labute approximate surface area is 153 Å². The first-order valence-electron chi connectivity index (χ1n) is 7.71. The van der Waals surface area contributed by atoms with E-state index in [-0.39, 0.29) is 23.7 Å². The molecule has 1 fully saturated rings. The van der Waals surface area contributed by atoms with Crippen molar-refractivity contribution in [3.63, 3.8) is 0 Å². The molecule has 2 N–H and O–H groups in total. The maximum atomic E-state index is 12.4. The fourth-order valence-corrected chi connectivity index (χ4v) is 3.04. The highest BCUT2D eigenvalue weighted by Gasteiger charge is 2.44. The van der Waals surface area contributed by atoms with Gasteiger partial charge in [-0.05, 0) is 42.2 Å². The van der Waals surface area contributed by atoms with Crippen molar-refractivity contribution in [2.45, 2.75) is 12.3 Å². The predicted octanol–water partition coefficient (Wildman–Crippen LogP) is 3.92. The van der Waals surface area contributed by atoms with Gasteiger partial charge in [0, 0.05) is 12.1 Å². The number of nitrogens with zero attached hydrogens (tertiary/aromatic N) is 3. The zero-order valence-electron chi connectivity index (χ0n) is 12.9. The summed E-state index contributed by atoms with van der Waals surface area (Å²) in [5.41, 5.74) is 1.68. The number of pyridine rings is 1. The van der Waals surface area contributed by atoms with Gasteiger partial charge in [0.05, 0.1) is 10.0 Å². The molecule has 4 rings (SSSR count). The fourth-order valence-electron chi connectivity index (χ4n) is 2.73. The number of rotatable bonds is 4. The molecule has 1 aromatic carbocycles. The van der Waals surface area contributed by atoms with Crippen LogP contribution >= 0.6 is 23.2 Å². The van der Waals surface area contributed by atoms with Gasteiger partial charge in [-0.3, -0.25) is 20.2 Å². The van der Waals surface area contributed by atoms with Gasteiger partial charge in [0.25, 0.3) is 0 Å². The van der Waals surface area contributed by atoms with Gasteiger partial charge in [-0.15, -0.1) is 5.10 Å². The molecule has 25 heavy (non-hydrogen) atoms. The maximum absolute atomic E-state index is 12.4. The minimum Gasteiger partial charge on any atom is -0.293 e. The number of H-pyrrole nitrogens is 1. The van der Waals surface area contributed by atoms with E-state index in [1.807, 2.05) is 30.3 Å². The number of aromatic nitrogens is 4. The monoisotopic (exact) mass is 373 g/mol. The van der Waals surface area contributed by atoms with E-state index in [9.17, 15) is 4.79 Å². The highest BCUT2D eigenvalue weighted by atomic mass is 35.5. The summed E-state index contributed by atoms with van der Waals surface area (Å²) in [6, 6.07) is 11.0. The van der Waals surface area contributed by atoms with Crippen molar-refractivity contribution >= 4 is 35.1 Å². The molecule has 6 nitrogen and oxygen atoms in total.